The smallest absolute Gasteiger partial charge is 0.124 e. The number of halogens is 2. The van der Waals surface area contributed by atoms with Crippen LogP contribution < -0.4 is 9.47 Å². The van der Waals surface area contributed by atoms with Gasteiger partial charge in [0.2, 0.25) is 0 Å². The first-order valence-corrected chi connectivity index (χ1v) is 7.00. The summed E-state index contributed by atoms with van der Waals surface area (Å²) in [6, 6.07) is 11.3. The summed E-state index contributed by atoms with van der Waals surface area (Å²) in [7, 11) is 3.26. The molecule has 1 atom stereocenters. The maximum absolute atomic E-state index is 6.62. The van der Waals surface area contributed by atoms with Crippen LogP contribution in [0.15, 0.2) is 36.4 Å². The van der Waals surface area contributed by atoms with E-state index < -0.39 is 0 Å². The molecule has 0 spiro atoms. The minimum atomic E-state index is -0.322. The predicted octanol–water partition coefficient (Wildman–Crippen LogP) is 4.99. The van der Waals surface area contributed by atoms with Crippen LogP contribution in [0.25, 0.3) is 0 Å². The van der Waals surface area contributed by atoms with Gasteiger partial charge in [0.05, 0.1) is 19.6 Å². The van der Waals surface area contributed by atoms with Gasteiger partial charge in [-0.2, -0.15) is 0 Å². The van der Waals surface area contributed by atoms with Crippen LogP contribution in [0, 0.1) is 6.92 Å². The van der Waals surface area contributed by atoms with Crippen molar-refractivity contribution in [1.82, 2.24) is 0 Å². The van der Waals surface area contributed by atoms with Gasteiger partial charge < -0.3 is 9.47 Å². The molecule has 0 bridgehead atoms. The lowest BCUT2D eigenvalue weighted by Gasteiger charge is -2.17. The van der Waals surface area contributed by atoms with Crippen molar-refractivity contribution in [2.45, 2.75) is 12.3 Å². The van der Waals surface area contributed by atoms with E-state index in [1.54, 1.807) is 14.2 Å². The van der Waals surface area contributed by atoms with Gasteiger partial charge in [-0.25, -0.2) is 0 Å². The molecular weight excluding hydrogens is 295 g/mol. The minimum Gasteiger partial charge on any atom is -0.497 e. The van der Waals surface area contributed by atoms with Crippen molar-refractivity contribution in [2.75, 3.05) is 14.2 Å². The highest BCUT2D eigenvalue weighted by molar-refractivity contribution is 6.30. The third kappa shape index (κ3) is 3.02. The molecule has 4 heteroatoms. The van der Waals surface area contributed by atoms with E-state index >= 15 is 0 Å². The Morgan fingerprint density at radius 2 is 1.70 bits per heavy atom. The summed E-state index contributed by atoms with van der Waals surface area (Å²) in [6.07, 6.45) is 0. The molecule has 0 aliphatic carbocycles. The first-order valence-electron chi connectivity index (χ1n) is 6.19. The number of hydrogen-bond donors (Lipinski definition) is 0. The molecule has 0 saturated heterocycles. The van der Waals surface area contributed by atoms with E-state index in [1.807, 2.05) is 43.3 Å². The topological polar surface area (TPSA) is 18.5 Å². The number of hydrogen-bond acceptors (Lipinski definition) is 2. The summed E-state index contributed by atoms with van der Waals surface area (Å²) in [6.45, 7) is 1.99. The SMILES string of the molecule is COc1ccc(OC)c(C(Cl)c2ccc(Cl)cc2C)c1. The van der Waals surface area contributed by atoms with Gasteiger partial charge in [-0.1, -0.05) is 17.7 Å². The van der Waals surface area contributed by atoms with Crippen molar-refractivity contribution in [1.29, 1.82) is 0 Å². The van der Waals surface area contributed by atoms with Crippen LogP contribution in [0.1, 0.15) is 22.1 Å². The highest BCUT2D eigenvalue weighted by atomic mass is 35.5. The molecule has 106 valence electrons. The van der Waals surface area contributed by atoms with Gasteiger partial charge >= 0.3 is 0 Å². The molecule has 0 aliphatic heterocycles. The Morgan fingerprint density at radius 1 is 0.950 bits per heavy atom. The van der Waals surface area contributed by atoms with E-state index in [1.165, 1.54) is 0 Å². The Labute approximate surface area is 129 Å². The lowest BCUT2D eigenvalue weighted by Crippen LogP contribution is -2.00. The van der Waals surface area contributed by atoms with Gasteiger partial charge in [0.25, 0.3) is 0 Å². The van der Waals surface area contributed by atoms with Gasteiger partial charge in [-0.3, -0.25) is 0 Å². The van der Waals surface area contributed by atoms with Crippen LogP contribution in [-0.2, 0) is 0 Å². The summed E-state index contributed by atoms with van der Waals surface area (Å²) in [4.78, 5) is 0. The third-order valence-electron chi connectivity index (χ3n) is 3.21. The predicted molar refractivity (Wildman–Crippen MR) is 83.4 cm³/mol. The van der Waals surface area contributed by atoms with E-state index in [2.05, 4.69) is 0 Å². The summed E-state index contributed by atoms with van der Waals surface area (Å²) >= 11 is 12.6. The zero-order chi connectivity index (χ0) is 14.7. The summed E-state index contributed by atoms with van der Waals surface area (Å²) in [5.74, 6) is 1.48. The van der Waals surface area contributed by atoms with Crippen LogP contribution >= 0.6 is 23.2 Å². The molecule has 2 aromatic carbocycles. The fourth-order valence-corrected chi connectivity index (χ4v) is 2.77. The second-order valence-electron chi connectivity index (χ2n) is 4.47. The average molecular weight is 311 g/mol. The highest BCUT2D eigenvalue weighted by Gasteiger charge is 2.18. The Kier molecular flexibility index (Phi) is 4.79. The highest BCUT2D eigenvalue weighted by Crippen LogP contribution is 2.38. The first-order chi connectivity index (χ1) is 9.56. The molecule has 0 N–H and O–H groups in total. The van der Waals surface area contributed by atoms with E-state index in [4.69, 9.17) is 32.7 Å². The van der Waals surface area contributed by atoms with Gasteiger partial charge in [0, 0.05) is 10.6 Å². The standard InChI is InChI=1S/C16H16Cl2O2/c1-10-8-11(17)4-6-13(10)16(18)14-9-12(19-2)5-7-15(14)20-3/h4-9,16H,1-3H3. The van der Waals surface area contributed by atoms with Crippen LogP contribution in [0.4, 0.5) is 0 Å². The van der Waals surface area contributed by atoms with Crippen molar-refractivity contribution < 1.29 is 9.47 Å². The number of methoxy groups -OCH3 is 2. The zero-order valence-corrected chi connectivity index (χ0v) is 13.1. The lowest BCUT2D eigenvalue weighted by molar-refractivity contribution is 0.399. The van der Waals surface area contributed by atoms with Crippen molar-refractivity contribution in [2.24, 2.45) is 0 Å². The molecule has 0 heterocycles. The first kappa shape index (κ1) is 15.0. The van der Waals surface area contributed by atoms with E-state index in [9.17, 15) is 0 Å². The monoisotopic (exact) mass is 310 g/mol. The molecule has 2 nitrogen and oxygen atoms in total. The molecule has 0 saturated carbocycles. The molecule has 1 unspecified atom stereocenters. The van der Waals surface area contributed by atoms with Gasteiger partial charge in [0.1, 0.15) is 11.5 Å². The lowest BCUT2D eigenvalue weighted by atomic mass is 9.99. The van der Waals surface area contributed by atoms with E-state index in [-0.39, 0.29) is 5.38 Å². The third-order valence-corrected chi connectivity index (χ3v) is 3.92. The molecule has 20 heavy (non-hydrogen) atoms. The van der Waals surface area contributed by atoms with E-state index in [0.29, 0.717) is 5.02 Å². The number of benzene rings is 2. The Hall–Kier alpha value is -1.38. The Balaban J connectivity index is 2.48. The second-order valence-corrected chi connectivity index (χ2v) is 5.34. The van der Waals surface area contributed by atoms with Crippen LogP contribution in [0.5, 0.6) is 11.5 Å². The van der Waals surface area contributed by atoms with Crippen molar-refractivity contribution in [3.05, 3.63) is 58.1 Å². The van der Waals surface area contributed by atoms with Gasteiger partial charge in [0.15, 0.2) is 0 Å². The summed E-state index contributed by atoms with van der Waals surface area (Å²) in [5.41, 5.74) is 2.92. The summed E-state index contributed by atoms with van der Waals surface area (Å²) in [5, 5.41) is 0.380. The molecule has 0 aliphatic rings. The van der Waals surface area contributed by atoms with Gasteiger partial charge in [-0.15, -0.1) is 11.6 Å². The summed E-state index contributed by atoms with van der Waals surface area (Å²) < 4.78 is 10.6. The normalized spacial score (nSPS) is 12.1. The average Bonchev–Trinajstić information content (AvgIpc) is 2.46. The van der Waals surface area contributed by atoms with Crippen LogP contribution in [-0.4, -0.2) is 14.2 Å². The minimum absolute atomic E-state index is 0.322. The van der Waals surface area contributed by atoms with Crippen LogP contribution in [0.3, 0.4) is 0 Å². The fourth-order valence-electron chi connectivity index (χ4n) is 2.13. The molecule has 0 fully saturated rings. The van der Waals surface area contributed by atoms with Crippen molar-refractivity contribution in [3.63, 3.8) is 0 Å². The van der Waals surface area contributed by atoms with Crippen LogP contribution in [0.2, 0.25) is 5.02 Å². The quantitative estimate of drug-likeness (QED) is 0.740. The number of ether oxygens (including phenoxy) is 2. The number of aryl methyl sites for hydroxylation is 1. The van der Waals surface area contributed by atoms with Crippen molar-refractivity contribution >= 4 is 23.2 Å². The number of alkyl halides is 1. The molecule has 0 radical (unpaired) electrons. The molecular formula is C16H16Cl2O2. The molecule has 0 aromatic heterocycles. The van der Waals surface area contributed by atoms with E-state index in [0.717, 1.165) is 28.2 Å². The number of rotatable bonds is 4. The zero-order valence-electron chi connectivity index (χ0n) is 11.6. The molecule has 0 amide bonds. The second kappa shape index (κ2) is 6.38. The maximum atomic E-state index is 6.62. The fraction of sp³-hybridized carbons (Fsp3) is 0.250. The Bertz CT molecular complexity index is 611. The van der Waals surface area contributed by atoms with Gasteiger partial charge in [-0.05, 0) is 48.4 Å². The largest absolute Gasteiger partial charge is 0.497 e. The Morgan fingerprint density at radius 3 is 2.30 bits per heavy atom. The molecule has 2 aromatic rings. The maximum Gasteiger partial charge on any atom is 0.124 e. The van der Waals surface area contributed by atoms with Crippen molar-refractivity contribution in [3.8, 4) is 11.5 Å². The molecule has 2 rings (SSSR count).